The Labute approximate surface area is 302 Å². The van der Waals surface area contributed by atoms with Crippen LogP contribution < -0.4 is 15.1 Å². The second kappa shape index (κ2) is 14.0. The van der Waals surface area contributed by atoms with Crippen molar-refractivity contribution in [1.29, 1.82) is 0 Å². The number of non-ortho nitro benzene ring substituents is 1. The van der Waals surface area contributed by atoms with Crippen molar-refractivity contribution < 1.29 is 29.2 Å². The molecule has 0 saturated carbocycles. The molecule has 1 aromatic heterocycles. The van der Waals surface area contributed by atoms with Gasteiger partial charge in [0.05, 0.1) is 48.0 Å². The molecule has 3 aromatic carbocycles. The number of aryl methyl sites for hydroxylation is 1. The molecule has 0 radical (unpaired) electrons. The van der Waals surface area contributed by atoms with Crippen molar-refractivity contribution >= 4 is 37.2 Å². The summed E-state index contributed by atoms with van der Waals surface area (Å²) in [6, 6.07) is 21.5. The first-order chi connectivity index (χ1) is 24.9. The number of hydrogen-bond donors (Lipinski definition) is 3. The number of nitro benzene ring substituents is 1. The van der Waals surface area contributed by atoms with E-state index in [2.05, 4.69) is 15.6 Å². The summed E-state index contributed by atoms with van der Waals surface area (Å²) >= 11 is 0. The number of nitro groups is 1. The van der Waals surface area contributed by atoms with E-state index in [1.54, 1.807) is 26.7 Å². The number of aliphatic hydroxyl groups is 1. The summed E-state index contributed by atoms with van der Waals surface area (Å²) in [5, 5.41) is 33.9. The van der Waals surface area contributed by atoms with Gasteiger partial charge in [0, 0.05) is 60.7 Å². The summed E-state index contributed by atoms with van der Waals surface area (Å²) in [5.41, 5.74) is 1.98. The number of rotatable bonds is 11. The quantitative estimate of drug-likeness (QED) is 0.118. The van der Waals surface area contributed by atoms with Crippen LogP contribution in [0.4, 0.5) is 17.1 Å². The molecule has 2 amide bonds. The topological polar surface area (TPSA) is 176 Å². The second-order valence-corrected chi connectivity index (χ2v) is 18.4. The van der Waals surface area contributed by atoms with Crippen molar-refractivity contribution in [2.45, 2.75) is 62.7 Å². The number of benzene rings is 3. The van der Waals surface area contributed by atoms with Crippen molar-refractivity contribution in [3.63, 3.8) is 0 Å². The molecule has 272 valence electrons. The number of aromatic nitrogens is 3. The number of ether oxygens (including phenoxy) is 1. The zero-order chi connectivity index (χ0) is 36.8. The Balaban J connectivity index is 1.18. The Kier molecular flexibility index (Phi) is 9.56. The van der Waals surface area contributed by atoms with Crippen molar-refractivity contribution in [3.8, 4) is 0 Å². The highest BCUT2D eigenvalue weighted by Gasteiger charge is 2.66. The van der Waals surface area contributed by atoms with Crippen LogP contribution in [0.25, 0.3) is 0 Å². The lowest BCUT2D eigenvalue weighted by Gasteiger charge is -2.32. The van der Waals surface area contributed by atoms with Crippen LogP contribution in [-0.2, 0) is 33.0 Å². The summed E-state index contributed by atoms with van der Waals surface area (Å²) < 4.78 is 8.57. The third-order valence-electron chi connectivity index (χ3n) is 10.8. The average Bonchev–Trinajstić information content (AvgIpc) is 3.78. The minimum atomic E-state index is -3.00. The molecule has 4 aromatic rings. The normalized spacial score (nSPS) is 23.8. The molecule has 2 fully saturated rings. The largest absolute Gasteiger partial charge is 0.432 e. The van der Waals surface area contributed by atoms with E-state index in [-0.39, 0.29) is 43.1 Å². The summed E-state index contributed by atoms with van der Waals surface area (Å²) in [4.78, 5) is 53.9. The molecule has 1 unspecified atom stereocenters. The Morgan fingerprint density at radius 2 is 1.87 bits per heavy atom. The Morgan fingerprint density at radius 1 is 1.12 bits per heavy atom. The number of carbonyl (C=O) groups excluding carboxylic acids is 2. The summed E-state index contributed by atoms with van der Waals surface area (Å²) in [6.45, 7) is 7.53. The van der Waals surface area contributed by atoms with Gasteiger partial charge in [-0.25, -0.2) is 0 Å². The van der Waals surface area contributed by atoms with Gasteiger partial charge >= 0.3 is 0 Å². The molecule has 4 heterocycles. The van der Waals surface area contributed by atoms with Crippen LogP contribution >= 0.6 is 0 Å². The molecule has 15 heteroatoms. The molecule has 5 atom stereocenters. The first-order valence-corrected chi connectivity index (χ1v) is 20.6. The lowest BCUT2D eigenvalue weighted by atomic mass is 9.82. The van der Waals surface area contributed by atoms with Crippen LogP contribution in [-0.4, -0.2) is 82.3 Å². The van der Waals surface area contributed by atoms with Crippen molar-refractivity contribution in [2.75, 3.05) is 36.0 Å². The molecule has 0 aliphatic carbocycles. The number of piperazine rings is 1. The van der Waals surface area contributed by atoms with Crippen LogP contribution in [0.1, 0.15) is 41.6 Å². The van der Waals surface area contributed by atoms with Gasteiger partial charge in [0.2, 0.25) is 5.91 Å². The van der Waals surface area contributed by atoms with E-state index >= 15 is 0 Å². The van der Waals surface area contributed by atoms with E-state index in [0.29, 0.717) is 43.0 Å². The lowest BCUT2D eigenvalue weighted by Crippen LogP contribution is -2.48. The first kappa shape index (κ1) is 35.6. The molecule has 14 nitrogen and oxygen atoms in total. The van der Waals surface area contributed by atoms with Crippen molar-refractivity contribution in [3.05, 3.63) is 111 Å². The lowest BCUT2D eigenvalue weighted by molar-refractivity contribution is -0.385. The smallest absolute Gasteiger partial charge is 0.269 e. The van der Waals surface area contributed by atoms with Gasteiger partial charge in [0.25, 0.3) is 11.6 Å². The fourth-order valence-corrected chi connectivity index (χ4v) is 10.9. The van der Waals surface area contributed by atoms with Gasteiger partial charge in [-0.2, -0.15) is 0 Å². The Morgan fingerprint density at radius 3 is 2.54 bits per heavy atom. The number of anilines is 2. The zero-order valence-electron chi connectivity index (χ0n) is 29.4. The van der Waals surface area contributed by atoms with Gasteiger partial charge in [-0.1, -0.05) is 54.6 Å². The van der Waals surface area contributed by atoms with Crippen molar-refractivity contribution in [1.82, 2.24) is 20.3 Å². The Hall–Kier alpha value is -4.80. The molecule has 1 spiro atoms. The summed E-state index contributed by atoms with van der Waals surface area (Å²) in [6.07, 6.45) is 1.63. The number of nitrogens with zero attached hydrogens (tertiary/aromatic N) is 6. The van der Waals surface area contributed by atoms with Gasteiger partial charge in [0.1, 0.15) is 0 Å². The highest BCUT2D eigenvalue weighted by Crippen LogP contribution is 2.60. The van der Waals surface area contributed by atoms with Gasteiger partial charge in [-0.3, -0.25) is 24.4 Å². The monoisotopic (exact) mass is 725 g/mol. The summed E-state index contributed by atoms with van der Waals surface area (Å²) in [7, 11) is -3.00. The van der Waals surface area contributed by atoms with E-state index in [9.17, 15) is 29.6 Å². The highest BCUT2D eigenvalue weighted by atomic mass is 28.4. The minimum Gasteiger partial charge on any atom is -0.432 e. The fourth-order valence-electron chi connectivity index (χ4n) is 8.35. The standard InChI is InChI=1S/C37H43N7O7Si/c1-24-35(52(2,3)50)33(15-17-41-22-31(39-40-41)29(23-45)26-7-5-4-6-8-26)51-37(24)30-19-28(44(48)49)13-14-32(30)43(36(37)47)21-25-9-11-27(12-10-25)42-18-16-38-20-34(42)46/h4-14,19,22,24,29,33,35,38,45,50H,15-18,20-21,23H2,1-3H3/t24-,29?,33+,35-,37+/m1/s1. The maximum atomic E-state index is 14.8. The van der Waals surface area contributed by atoms with Gasteiger partial charge in [-0.05, 0) is 48.8 Å². The second-order valence-electron chi connectivity index (χ2n) is 14.4. The maximum Gasteiger partial charge on any atom is 0.269 e. The molecule has 52 heavy (non-hydrogen) atoms. The molecule has 3 N–H and O–H groups in total. The number of fused-ring (bicyclic) bond motifs is 2. The van der Waals surface area contributed by atoms with Crippen LogP contribution in [0.2, 0.25) is 18.6 Å². The number of hydrogen-bond acceptors (Lipinski definition) is 10. The molecule has 7 rings (SSSR count). The molecular weight excluding hydrogens is 683 g/mol. The predicted molar refractivity (Wildman–Crippen MR) is 195 cm³/mol. The number of carbonyl (C=O) groups is 2. The average molecular weight is 726 g/mol. The first-order valence-electron chi connectivity index (χ1n) is 17.6. The molecule has 3 aliphatic rings. The van der Waals surface area contributed by atoms with E-state index in [1.807, 2.05) is 74.6 Å². The SMILES string of the molecule is C[C@@H]1[C@@H]([Si](C)(C)O)[C@H](CCn2cc(C(CO)c3ccccc3)nn2)O[C@@]12C(=O)N(Cc1ccc(N3CCNCC3=O)cc1)c1ccc([N+](=O)[O-])cc12. The summed E-state index contributed by atoms with van der Waals surface area (Å²) in [5.74, 6) is -1.19. The number of aliphatic hydroxyl groups excluding tert-OH is 1. The maximum absolute atomic E-state index is 14.8. The third-order valence-corrected chi connectivity index (χ3v) is 13.3. The Bertz CT molecular complexity index is 1970. The van der Waals surface area contributed by atoms with Crippen LogP contribution in [0.3, 0.4) is 0 Å². The fraction of sp³-hybridized carbons (Fsp3) is 0.405. The number of nitrogens with one attached hydrogen (secondary N) is 1. The molecule has 2 saturated heterocycles. The van der Waals surface area contributed by atoms with E-state index in [0.717, 1.165) is 16.8 Å². The van der Waals surface area contributed by atoms with Crippen LogP contribution in [0.5, 0.6) is 0 Å². The molecular formula is C37H43N7O7Si. The van der Waals surface area contributed by atoms with E-state index in [1.165, 1.54) is 12.1 Å². The minimum absolute atomic E-state index is 0.0104. The number of amides is 2. The predicted octanol–water partition coefficient (Wildman–Crippen LogP) is 3.68. The van der Waals surface area contributed by atoms with Crippen molar-refractivity contribution in [2.24, 2.45) is 5.92 Å². The molecule has 0 bridgehead atoms. The van der Waals surface area contributed by atoms with Gasteiger partial charge in [0.15, 0.2) is 13.9 Å². The van der Waals surface area contributed by atoms with E-state index in [4.69, 9.17) is 4.74 Å². The van der Waals surface area contributed by atoms with Gasteiger partial charge < -0.3 is 29.8 Å². The zero-order valence-corrected chi connectivity index (χ0v) is 30.4. The highest BCUT2D eigenvalue weighted by molar-refractivity contribution is 6.71. The van der Waals surface area contributed by atoms with Crippen LogP contribution in [0, 0.1) is 16.0 Å². The van der Waals surface area contributed by atoms with Crippen LogP contribution in [0.15, 0.2) is 79.0 Å². The van der Waals surface area contributed by atoms with Gasteiger partial charge in [-0.15, -0.1) is 5.10 Å². The van der Waals surface area contributed by atoms with E-state index < -0.39 is 36.4 Å². The molecule has 3 aliphatic heterocycles. The third kappa shape index (κ3) is 6.32.